The normalized spacial score (nSPS) is 15.0. The van der Waals surface area contributed by atoms with Crippen LogP contribution in [0.2, 0.25) is 0 Å². The standard InChI is InChI=1S/C17H12N2O6/c1-24-15-9-10(2-7-14(15)20)8-13-17(21)25-16(18-13)11-3-5-12(6-4-11)19(22)23/h2-9,20H,1H3/b13-8+. The average Bonchev–Trinajstić information content (AvgIpc) is 2.97. The molecule has 0 saturated heterocycles. The molecule has 0 unspecified atom stereocenters. The number of methoxy groups -OCH3 is 1. The molecule has 25 heavy (non-hydrogen) atoms. The minimum absolute atomic E-state index is 0.0197. The summed E-state index contributed by atoms with van der Waals surface area (Å²) in [4.78, 5) is 26.2. The van der Waals surface area contributed by atoms with Gasteiger partial charge in [0.25, 0.3) is 5.69 Å². The molecule has 8 heteroatoms. The molecule has 126 valence electrons. The number of hydrogen-bond donors (Lipinski definition) is 1. The van der Waals surface area contributed by atoms with Crippen LogP contribution in [0.25, 0.3) is 6.08 Å². The van der Waals surface area contributed by atoms with E-state index in [0.717, 1.165) is 0 Å². The van der Waals surface area contributed by atoms with Gasteiger partial charge in [0, 0.05) is 17.7 Å². The molecule has 0 spiro atoms. The summed E-state index contributed by atoms with van der Waals surface area (Å²) < 4.78 is 10.1. The smallest absolute Gasteiger partial charge is 0.363 e. The van der Waals surface area contributed by atoms with Gasteiger partial charge < -0.3 is 14.6 Å². The Bertz CT molecular complexity index is 915. The van der Waals surface area contributed by atoms with Crippen LogP contribution >= 0.6 is 0 Å². The van der Waals surface area contributed by atoms with Crippen molar-refractivity contribution in [2.45, 2.75) is 0 Å². The van der Waals surface area contributed by atoms with Crippen molar-refractivity contribution in [3.8, 4) is 11.5 Å². The van der Waals surface area contributed by atoms with E-state index in [4.69, 9.17) is 9.47 Å². The first-order valence-electron chi connectivity index (χ1n) is 7.12. The number of nitro groups is 1. The quantitative estimate of drug-likeness (QED) is 0.396. The molecular weight excluding hydrogens is 328 g/mol. The van der Waals surface area contributed by atoms with Crippen LogP contribution in [0.3, 0.4) is 0 Å². The molecule has 0 amide bonds. The van der Waals surface area contributed by atoms with Crippen LogP contribution in [-0.4, -0.2) is 29.0 Å². The van der Waals surface area contributed by atoms with Crippen molar-refractivity contribution in [2.75, 3.05) is 7.11 Å². The van der Waals surface area contributed by atoms with E-state index in [2.05, 4.69) is 4.99 Å². The largest absolute Gasteiger partial charge is 0.504 e. The van der Waals surface area contributed by atoms with Crippen LogP contribution < -0.4 is 4.74 Å². The Labute approximate surface area is 141 Å². The molecule has 3 rings (SSSR count). The molecule has 0 saturated carbocycles. The Morgan fingerprint density at radius 1 is 1.24 bits per heavy atom. The number of cyclic esters (lactones) is 1. The summed E-state index contributed by atoms with van der Waals surface area (Å²) in [5.41, 5.74) is 1.04. The van der Waals surface area contributed by atoms with E-state index in [9.17, 15) is 20.0 Å². The highest BCUT2D eigenvalue weighted by atomic mass is 16.6. The molecule has 0 aliphatic carbocycles. The zero-order valence-electron chi connectivity index (χ0n) is 13.0. The third-order valence-corrected chi connectivity index (χ3v) is 3.45. The Balaban J connectivity index is 1.90. The second-order valence-corrected chi connectivity index (χ2v) is 5.07. The number of benzene rings is 2. The van der Waals surface area contributed by atoms with Gasteiger partial charge >= 0.3 is 5.97 Å². The number of hydrogen-bond acceptors (Lipinski definition) is 7. The van der Waals surface area contributed by atoms with Gasteiger partial charge in [0.2, 0.25) is 5.90 Å². The first-order valence-corrected chi connectivity index (χ1v) is 7.12. The van der Waals surface area contributed by atoms with Gasteiger partial charge in [0.15, 0.2) is 17.2 Å². The van der Waals surface area contributed by atoms with Crippen LogP contribution in [0.4, 0.5) is 5.69 Å². The van der Waals surface area contributed by atoms with Crippen molar-refractivity contribution >= 4 is 23.6 Å². The Morgan fingerprint density at radius 3 is 2.60 bits per heavy atom. The summed E-state index contributed by atoms with van der Waals surface area (Å²) in [6, 6.07) is 10.1. The molecule has 2 aromatic rings. The highest BCUT2D eigenvalue weighted by Gasteiger charge is 2.24. The predicted octanol–water partition coefficient (Wildman–Crippen LogP) is 2.65. The molecule has 0 aromatic heterocycles. The van der Waals surface area contributed by atoms with Gasteiger partial charge in [-0.2, -0.15) is 0 Å². The number of carbonyl (C=O) groups is 1. The van der Waals surface area contributed by atoms with E-state index >= 15 is 0 Å². The summed E-state index contributed by atoms with van der Waals surface area (Å²) >= 11 is 0. The van der Waals surface area contributed by atoms with Crippen LogP contribution in [0.5, 0.6) is 11.5 Å². The molecule has 0 radical (unpaired) electrons. The molecular formula is C17H12N2O6. The maximum Gasteiger partial charge on any atom is 0.363 e. The lowest BCUT2D eigenvalue weighted by Gasteiger charge is -2.03. The van der Waals surface area contributed by atoms with Gasteiger partial charge in [-0.15, -0.1) is 0 Å². The molecule has 0 fully saturated rings. The molecule has 1 aliphatic heterocycles. The summed E-state index contributed by atoms with van der Waals surface area (Å²) in [6.45, 7) is 0. The lowest BCUT2D eigenvalue weighted by atomic mass is 10.1. The summed E-state index contributed by atoms with van der Waals surface area (Å²) in [5.74, 6) is -0.328. The number of aliphatic imine (C=N–C) groups is 1. The highest BCUT2D eigenvalue weighted by Crippen LogP contribution is 2.28. The fourth-order valence-electron chi connectivity index (χ4n) is 2.20. The summed E-state index contributed by atoms with van der Waals surface area (Å²) in [5, 5.41) is 20.3. The second kappa shape index (κ2) is 6.44. The molecule has 1 aliphatic rings. The van der Waals surface area contributed by atoms with Gasteiger partial charge in [-0.3, -0.25) is 10.1 Å². The summed E-state index contributed by atoms with van der Waals surface area (Å²) in [6.07, 6.45) is 1.49. The molecule has 0 bridgehead atoms. The topological polar surface area (TPSA) is 111 Å². The minimum Gasteiger partial charge on any atom is -0.504 e. The zero-order chi connectivity index (χ0) is 18.0. The SMILES string of the molecule is COc1cc(/C=C2/N=C(c3ccc([N+](=O)[O-])cc3)OC2=O)ccc1O. The number of non-ortho nitro benzene ring substituents is 1. The van der Waals surface area contributed by atoms with Crippen molar-refractivity contribution in [1.29, 1.82) is 0 Å². The number of phenolic OH excluding ortho intramolecular Hbond substituents is 1. The molecule has 1 N–H and O–H groups in total. The first-order chi connectivity index (χ1) is 12.0. The first kappa shape index (κ1) is 16.2. The lowest BCUT2D eigenvalue weighted by Crippen LogP contribution is -2.05. The highest BCUT2D eigenvalue weighted by molar-refractivity contribution is 6.12. The predicted molar refractivity (Wildman–Crippen MR) is 88.4 cm³/mol. The second-order valence-electron chi connectivity index (χ2n) is 5.07. The number of rotatable bonds is 4. The van der Waals surface area contributed by atoms with Crippen molar-refractivity contribution in [1.82, 2.24) is 0 Å². The third kappa shape index (κ3) is 3.32. The number of carbonyl (C=O) groups excluding carboxylic acids is 1. The van der Waals surface area contributed by atoms with E-state index in [1.807, 2.05) is 0 Å². The number of nitro benzene ring substituents is 1. The molecule has 8 nitrogen and oxygen atoms in total. The van der Waals surface area contributed by atoms with E-state index in [0.29, 0.717) is 11.1 Å². The van der Waals surface area contributed by atoms with Crippen LogP contribution in [0, 0.1) is 10.1 Å². The number of phenols is 1. The summed E-state index contributed by atoms with van der Waals surface area (Å²) in [7, 11) is 1.42. The lowest BCUT2D eigenvalue weighted by molar-refractivity contribution is -0.384. The van der Waals surface area contributed by atoms with E-state index in [1.54, 1.807) is 12.1 Å². The maximum atomic E-state index is 12.0. The molecule has 2 aromatic carbocycles. The third-order valence-electron chi connectivity index (χ3n) is 3.45. The number of nitrogens with zero attached hydrogens (tertiary/aromatic N) is 2. The fourth-order valence-corrected chi connectivity index (χ4v) is 2.20. The van der Waals surface area contributed by atoms with Crippen LogP contribution in [0.1, 0.15) is 11.1 Å². The van der Waals surface area contributed by atoms with Gasteiger partial charge in [-0.25, -0.2) is 9.79 Å². The molecule has 1 heterocycles. The number of ether oxygens (including phenoxy) is 2. The van der Waals surface area contributed by atoms with Gasteiger partial charge in [-0.05, 0) is 35.9 Å². The van der Waals surface area contributed by atoms with Crippen LogP contribution in [-0.2, 0) is 9.53 Å². The van der Waals surface area contributed by atoms with E-state index < -0.39 is 10.9 Å². The van der Waals surface area contributed by atoms with Crippen LogP contribution in [0.15, 0.2) is 53.2 Å². The Hall–Kier alpha value is -3.68. The number of aromatic hydroxyl groups is 1. The van der Waals surface area contributed by atoms with E-state index in [-0.39, 0.29) is 28.8 Å². The fraction of sp³-hybridized carbons (Fsp3) is 0.0588. The van der Waals surface area contributed by atoms with Gasteiger partial charge in [-0.1, -0.05) is 6.07 Å². The Kier molecular flexibility index (Phi) is 4.17. The van der Waals surface area contributed by atoms with Crippen molar-refractivity contribution in [3.05, 3.63) is 69.4 Å². The van der Waals surface area contributed by atoms with Crippen molar-refractivity contribution in [2.24, 2.45) is 4.99 Å². The molecule has 0 atom stereocenters. The zero-order valence-corrected chi connectivity index (χ0v) is 13.0. The van der Waals surface area contributed by atoms with E-state index in [1.165, 1.54) is 43.5 Å². The Morgan fingerprint density at radius 2 is 1.96 bits per heavy atom. The number of esters is 1. The van der Waals surface area contributed by atoms with Gasteiger partial charge in [0.05, 0.1) is 12.0 Å². The van der Waals surface area contributed by atoms with Gasteiger partial charge in [0.1, 0.15) is 0 Å². The van der Waals surface area contributed by atoms with Crippen molar-refractivity contribution in [3.63, 3.8) is 0 Å². The van der Waals surface area contributed by atoms with Crippen molar-refractivity contribution < 1.29 is 24.3 Å². The average molecular weight is 340 g/mol. The minimum atomic E-state index is -0.639. The maximum absolute atomic E-state index is 12.0. The monoisotopic (exact) mass is 340 g/mol.